The molecule has 0 radical (unpaired) electrons. The quantitative estimate of drug-likeness (QED) is 0.502. The molecule has 0 saturated heterocycles. The first-order valence-corrected chi connectivity index (χ1v) is 8.68. The summed E-state index contributed by atoms with van der Waals surface area (Å²) < 4.78 is 11.2. The van der Waals surface area contributed by atoms with Gasteiger partial charge in [0.2, 0.25) is 5.13 Å². The van der Waals surface area contributed by atoms with Gasteiger partial charge in [0, 0.05) is 10.9 Å². The lowest BCUT2D eigenvalue weighted by Gasteiger charge is -2.10. The van der Waals surface area contributed by atoms with Crippen molar-refractivity contribution in [3.63, 3.8) is 0 Å². The Hall–Kier alpha value is -2.86. The molecule has 0 spiro atoms. The van der Waals surface area contributed by atoms with Gasteiger partial charge in [0.25, 0.3) is 0 Å². The van der Waals surface area contributed by atoms with Crippen LogP contribution in [0, 0.1) is 6.92 Å². The molecule has 1 N–H and O–H groups in total. The van der Waals surface area contributed by atoms with Gasteiger partial charge in [-0.15, -0.1) is 11.3 Å². The smallest absolute Gasteiger partial charge is 0.203 e. The monoisotopic (exact) mass is 353 g/mol. The SMILES string of the molecule is COc1cccc(COc2ccccc2C=NNc2nc(C)cs2)c1. The molecule has 3 rings (SSSR count). The van der Waals surface area contributed by atoms with E-state index in [1.165, 1.54) is 11.3 Å². The van der Waals surface area contributed by atoms with Gasteiger partial charge in [0.05, 0.1) is 19.0 Å². The molecule has 0 unspecified atom stereocenters. The Balaban J connectivity index is 1.65. The zero-order chi connectivity index (χ0) is 17.5. The Morgan fingerprint density at radius 2 is 2.08 bits per heavy atom. The molecule has 0 saturated carbocycles. The summed E-state index contributed by atoms with van der Waals surface area (Å²) in [6, 6.07) is 15.6. The molecule has 25 heavy (non-hydrogen) atoms. The Bertz CT molecular complexity index is 861. The number of benzene rings is 2. The van der Waals surface area contributed by atoms with Crippen molar-refractivity contribution in [2.75, 3.05) is 12.5 Å². The molecule has 1 aromatic heterocycles. The molecule has 0 aliphatic heterocycles. The number of para-hydroxylation sites is 1. The van der Waals surface area contributed by atoms with Gasteiger partial charge in [-0.3, -0.25) is 5.43 Å². The molecule has 6 heteroatoms. The first-order valence-electron chi connectivity index (χ1n) is 7.80. The van der Waals surface area contributed by atoms with E-state index in [0.29, 0.717) is 6.61 Å². The Morgan fingerprint density at radius 3 is 2.88 bits per heavy atom. The minimum absolute atomic E-state index is 0.459. The topological polar surface area (TPSA) is 55.7 Å². The number of hydrogen-bond donors (Lipinski definition) is 1. The summed E-state index contributed by atoms with van der Waals surface area (Å²) in [4.78, 5) is 4.31. The van der Waals surface area contributed by atoms with E-state index in [-0.39, 0.29) is 0 Å². The Morgan fingerprint density at radius 1 is 1.20 bits per heavy atom. The zero-order valence-electron chi connectivity index (χ0n) is 14.1. The number of nitrogens with zero attached hydrogens (tertiary/aromatic N) is 2. The van der Waals surface area contributed by atoms with Crippen molar-refractivity contribution >= 4 is 22.7 Å². The van der Waals surface area contributed by atoms with Gasteiger partial charge in [-0.1, -0.05) is 24.3 Å². The van der Waals surface area contributed by atoms with E-state index in [4.69, 9.17) is 9.47 Å². The van der Waals surface area contributed by atoms with Crippen LogP contribution in [0.25, 0.3) is 0 Å². The number of methoxy groups -OCH3 is 1. The number of anilines is 1. The van der Waals surface area contributed by atoms with Crippen molar-refractivity contribution in [2.45, 2.75) is 13.5 Å². The molecule has 0 aliphatic carbocycles. The second-order valence-electron chi connectivity index (χ2n) is 5.34. The first kappa shape index (κ1) is 17.0. The fraction of sp³-hybridized carbons (Fsp3) is 0.158. The molecule has 3 aromatic rings. The predicted octanol–water partition coefficient (Wildman–Crippen LogP) is 4.49. The van der Waals surface area contributed by atoms with Gasteiger partial charge in [0.1, 0.15) is 18.1 Å². The van der Waals surface area contributed by atoms with Crippen molar-refractivity contribution < 1.29 is 9.47 Å². The van der Waals surface area contributed by atoms with Gasteiger partial charge in [-0.2, -0.15) is 5.10 Å². The normalized spacial score (nSPS) is 10.8. The average molecular weight is 353 g/mol. The molecule has 0 atom stereocenters. The van der Waals surface area contributed by atoms with Crippen LogP contribution in [0.15, 0.2) is 59.0 Å². The van der Waals surface area contributed by atoms with E-state index in [1.807, 2.05) is 60.8 Å². The van der Waals surface area contributed by atoms with Gasteiger partial charge >= 0.3 is 0 Å². The van der Waals surface area contributed by atoms with Crippen LogP contribution in [-0.4, -0.2) is 18.3 Å². The maximum atomic E-state index is 5.94. The van der Waals surface area contributed by atoms with E-state index in [2.05, 4.69) is 15.5 Å². The standard InChI is InChI=1S/C19H19N3O2S/c1-14-13-25-19(21-14)22-20-11-16-7-3-4-9-18(16)24-12-15-6-5-8-17(10-15)23-2/h3-11,13H,12H2,1-2H3,(H,21,22). The van der Waals surface area contributed by atoms with Crippen molar-refractivity contribution in [2.24, 2.45) is 5.10 Å². The molecular weight excluding hydrogens is 334 g/mol. The number of thiazole rings is 1. The highest BCUT2D eigenvalue weighted by atomic mass is 32.1. The van der Waals surface area contributed by atoms with Gasteiger partial charge < -0.3 is 9.47 Å². The van der Waals surface area contributed by atoms with Crippen LogP contribution in [-0.2, 0) is 6.61 Å². The summed E-state index contributed by atoms with van der Waals surface area (Å²) >= 11 is 1.52. The molecule has 0 amide bonds. The third-order valence-electron chi connectivity index (χ3n) is 3.43. The summed E-state index contributed by atoms with van der Waals surface area (Å²) in [5.41, 5.74) is 5.85. The van der Waals surface area contributed by atoms with E-state index in [1.54, 1.807) is 13.3 Å². The van der Waals surface area contributed by atoms with Crippen molar-refractivity contribution in [1.29, 1.82) is 0 Å². The number of aromatic nitrogens is 1. The summed E-state index contributed by atoms with van der Waals surface area (Å²) in [5, 5.41) is 6.98. The predicted molar refractivity (Wildman–Crippen MR) is 102 cm³/mol. The highest BCUT2D eigenvalue weighted by Crippen LogP contribution is 2.20. The van der Waals surface area contributed by atoms with Gasteiger partial charge in [-0.05, 0) is 36.8 Å². The van der Waals surface area contributed by atoms with Gasteiger partial charge in [0.15, 0.2) is 0 Å². The Kier molecular flexibility index (Phi) is 5.64. The highest BCUT2D eigenvalue weighted by Gasteiger charge is 2.03. The van der Waals surface area contributed by atoms with Crippen LogP contribution in [0.1, 0.15) is 16.8 Å². The minimum Gasteiger partial charge on any atom is -0.497 e. The van der Waals surface area contributed by atoms with Crippen LogP contribution in [0.3, 0.4) is 0 Å². The summed E-state index contributed by atoms with van der Waals surface area (Å²) in [6.07, 6.45) is 1.73. The van der Waals surface area contributed by atoms with Crippen molar-refractivity contribution in [1.82, 2.24) is 4.98 Å². The first-order chi connectivity index (χ1) is 12.2. The summed E-state index contributed by atoms with van der Waals surface area (Å²) in [5.74, 6) is 1.59. The van der Waals surface area contributed by atoms with E-state index in [0.717, 1.165) is 33.5 Å². The zero-order valence-corrected chi connectivity index (χ0v) is 14.9. The van der Waals surface area contributed by atoms with Crippen LogP contribution in [0.2, 0.25) is 0 Å². The lowest BCUT2D eigenvalue weighted by atomic mass is 10.2. The van der Waals surface area contributed by atoms with Crippen LogP contribution >= 0.6 is 11.3 Å². The maximum absolute atomic E-state index is 5.94. The third kappa shape index (κ3) is 4.81. The fourth-order valence-corrected chi connectivity index (χ4v) is 2.84. The highest BCUT2D eigenvalue weighted by molar-refractivity contribution is 7.13. The second-order valence-corrected chi connectivity index (χ2v) is 6.20. The number of hydrazone groups is 1. The third-order valence-corrected chi connectivity index (χ3v) is 4.30. The minimum atomic E-state index is 0.459. The average Bonchev–Trinajstić information content (AvgIpc) is 3.06. The number of ether oxygens (including phenoxy) is 2. The fourth-order valence-electron chi connectivity index (χ4n) is 2.20. The van der Waals surface area contributed by atoms with E-state index in [9.17, 15) is 0 Å². The maximum Gasteiger partial charge on any atom is 0.203 e. The molecule has 1 heterocycles. The van der Waals surface area contributed by atoms with Crippen molar-refractivity contribution in [3.8, 4) is 11.5 Å². The second kappa shape index (κ2) is 8.30. The molecule has 128 valence electrons. The van der Waals surface area contributed by atoms with E-state index < -0.39 is 0 Å². The number of hydrogen-bond acceptors (Lipinski definition) is 6. The number of nitrogens with one attached hydrogen (secondary N) is 1. The lowest BCUT2D eigenvalue weighted by Crippen LogP contribution is -1.99. The molecule has 0 fully saturated rings. The van der Waals surface area contributed by atoms with Gasteiger partial charge in [-0.25, -0.2) is 4.98 Å². The van der Waals surface area contributed by atoms with Crippen molar-refractivity contribution in [3.05, 3.63) is 70.7 Å². The number of rotatable bonds is 7. The molecule has 0 aliphatic rings. The number of aryl methyl sites for hydroxylation is 1. The van der Waals surface area contributed by atoms with Crippen LogP contribution in [0.4, 0.5) is 5.13 Å². The molecule has 5 nitrogen and oxygen atoms in total. The molecular formula is C19H19N3O2S. The largest absolute Gasteiger partial charge is 0.497 e. The lowest BCUT2D eigenvalue weighted by molar-refractivity contribution is 0.305. The summed E-state index contributed by atoms with van der Waals surface area (Å²) in [6.45, 7) is 2.41. The molecule has 2 aromatic carbocycles. The Labute approximate surface area is 151 Å². The van der Waals surface area contributed by atoms with E-state index >= 15 is 0 Å². The summed E-state index contributed by atoms with van der Waals surface area (Å²) in [7, 11) is 1.66. The molecule has 0 bridgehead atoms. The van der Waals surface area contributed by atoms with Crippen LogP contribution < -0.4 is 14.9 Å². The van der Waals surface area contributed by atoms with Crippen LogP contribution in [0.5, 0.6) is 11.5 Å².